The van der Waals surface area contributed by atoms with Crippen LogP contribution in [0.3, 0.4) is 0 Å². The molecule has 0 radical (unpaired) electrons. The highest BCUT2D eigenvalue weighted by molar-refractivity contribution is 7.94. The molecule has 102 valence electrons. The fourth-order valence-electron chi connectivity index (χ4n) is 1.71. The van der Waals surface area contributed by atoms with E-state index < -0.39 is 27.2 Å². The van der Waals surface area contributed by atoms with E-state index in [1.807, 2.05) is 18.3 Å². The number of carbonyl (C=O) groups is 2. The van der Waals surface area contributed by atoms with Crippen molar-refractivity contribution in [2.75, 3.05) is 11.3 Å². The summed E-state index contributed by atoms with van der Waals surface area (Å²) in [6.45, 7) is 1.58. The van der Waals surface area contributed by atoms with Crippen molar-refractivity contribution in [1.82, 2.24) is 10.6 Å². The lowest BCUT2D eigenvalue weighted by Crippen LogP contribution is -2.58. The highest BCUT2D eigenvalue weighted by Gasteiger charge is 2.37. The molecule has 1 atom stereocenters. The number of urea groups is 1. The molecule has 2 rings (SSSR count). The van der Waals surface area contributed by atoms with Crippen LogP contribution in [-0.4, -0.2) is 32.2 Å². The van der Waals surface area contributed by atoms with Crippen LogP contribution in [-0.2, 0) is 14.8 Å². The molecule has 1 aliphatic rings. The van der Waals surface area contributed by atoms with Crippen molar-refractivity contribution >= 4 is 27.6 Å². The van der Waals surface area contributed by atoms with Crippen LogP contribution in [0.15, 0.2) is 24.3 Å². The summed E-state index contributed by atoms with van der Waals surface area (Å²) >= 11 is 0. The van der Waals surface area contributed by atoms with E-state index in [9.17, 15) is 18.0 Å². The number of nitrogens with one attached hydrogen (secondary N) is 3. The van der Waals surface area contributed by atoms with Gasteiger partial charge in [0.1, 0.15) is 0 Å². The molecule has 0 bridgehead atoms. The number of benzene rings is 1. The molecule has 0 saturated carbocycles. The number of carbonyl (C=O) groups excluding carboxylic acids is 2. The molecule has 0 spiro atoms. The third kappa shape index (κ3) is 3.02. The maximum atomic E-state index is 12.1. The summed E-state index contributed by atoms with van der Waals surface area (Å²) in [4.78, 5) is 22.4. The third-order valence-corrected chi connectivity index (χ3v) is 4.28. The lowest BCUT2D eigenvalue weighted by molar-refractivity contribution is -0.120. The van der Waals surface area contributed by atoms with Gasteiger partial charge in [-0.25, -0.2) is 13.2 Å². The highest BCUT2D eigenvalue weighted by atomic mass is 32.2. The van der Waals surface area contributed by atoms with Gasteiger partial charge >= 0.3 is 6.03 Å². The van der Waals surface area contributed by atoms with E-state index >= 15 is 0 Å². The zero-order valence-corrected chi connectivity index (χ0v) is 11.0. The Kier molecular flexibility index (Phi) is 3.43. The van der Waals surface area contributed by atoms with E-state index in [2.05, 4.69) is 10.0 Å². The third-order valence-electron chi connectivity index (χ3n) is 2.63. The van der Waals surface area contributed by atoms with Gasteiger partial charge in [0.2, 0.25) is 15.9 Å². The summed E-state index contributed by atoms with van der Waals surface area (Å²) < 4.78 is 26.5. The molecule has 0 aliphatic carbocycles. The minimum atomic E-state index is -3.90. The molecule has 7 nitrogen and oxygen atoms in total. The number of rotatable bonds is 3. The second kappa shape index (κ2) is 4.88. The van der Waals surface area contributed by atoms with Gasteiger partial charge in [0, 0.05) is 12.2 Å². The molecule has 19 heavy (non-hydrogen) atoms. The number of hydrogen-bond donors (Lipinski definition) is 3. The number of imide groups is 1. The first-order chi connectivity index (χ1) is 8.88. The standard InChI is InChI=1S/C11H13N3O4S/c1-7-3-2-4-8(5-7)14-19(17,18)9-6-12-11(16)13-10(9)15/h2-5,9,14H,6H2,1H3,(H2,12,13,15,16). The van der Waals surface area contributed by atoms with E-state index in [1.54, 1.807) is 18.2 Å². The van der Waals surface area contributed by atoms with Crippen LogP contribution in [0.1, 0.15) is 5.56 Å². The Hall–Kier alpha value is -2.09. The second-order valence-electron chi connectivity index (χ2n) is 4.20. The van der Waals surface area contributed by atoms with Gasteiger partial charge in [-0.15, -0.1) is 0 Å². The molecule has 3 N–H and O–H groups in total. The monoisotopic (exact) mass is 283 g/mol. The Morgan fingerprint density at radius 2 is 2.05 bits per heavy atom. The Balaban J connectivity index is 2.19. The number of hydrogen-bond acceptors (Lipinski definition) is 4. The first-order valence-electron chi connectivity index (χ1n) is 5.55. The quantitative estimate of drug-likeness (QED) is 0.723. The molecule has 1 saturated heterocycles. The van der Waals surface area contributed by atoms with Gasteiger partial charge in [-0.05, 0) is 24.6 Å². The van der Waals surface area contributed by atoms with Crippen molar-refractivity contribution in [2.24, 2.45) is 0 Å². The minimum absolute atomic E-state index is 0.244. The van der Waals surface area contributed by atoms with E-state index in [4.69, 9.17) is 0 Å². The average molecular weight is 283 g/mol. The lowest BCUT2D eigenvalue weighted by Gasteiger charge is -2.22. The number of anilines is 1. The van der Waals surface area contributed by atoms with E-state index in [0.29, 0.717) is 5.69 Å². The maximum Gasteiger partial charge on any atom is 0.321 e. The van der Waals surface area contributed by atoms with Gasteiger partial charge in [0.25, 0.3) is 0 Å². The summed E-state index contributed by atoms with van der Waals surface area (Å²) in [5.74, 6) is -0.830. The second-order valence-corrected chi connectivity index (χ2v) is 6.07. The molecule has 3 amide bonds. The van der Waals surface area contributed by atoms with Gasteiger partial charge in [0.05, 0.1) is 0 Å². The molecular weight excluding hydrogens is 270 g/mol. The van der Waals surface area contributed by atoms with Crippen molar-refractivity contribution in [2.45, 2.75) is 12.2 Å². The fourth-order valence-corrected chi connectivity index (χ4v) is 2.95. The van der Waals surface area contributed by atoms with Crippen molar-refractivity contribution in [1.29, 1.82) is 0 Å². The van der Waals surface area contributed by atoms with E-state index in [0.717, 1.165) is 5.56 Å². The molecule has 1 unspecified atom stereocenters. The first-order valence-corrected chi connectivity index (χ1v) is 7.10. The largest absolute Gasteiger partial charge is 0.336 e. The zero-order valence-electron chi connectivity index (χ0n) is 10.1. The Morgan fingerprint density at radius 1 is 1.32 bits per heavy atom. The summed E-state index contributed by atoms with van der Waals surface area (Å²) in [5.41, 5.74) is 1.27. The SMILES string of the molecule is Cc1cccc(NS(=O)(=O)C2CNC(=O)NC2=O)c1. The summed E-state index contributed by atoms with van der Waals surface area (Å²) in [5, 5.41) is 2.86. The Morgan fingerprint density at radius 3 is 2.68 bits per heavy atom. The van der Waals surface area contributed by atoms with Crippen LogP contribution in [0.25, 0.3) is 0 Å². The lowest BCUT2D eigenvalue weighted by atomic mass is 10.2. The zero-order chi connectivity index (χ0) is 14.0. The van der Waals surface area contributed by atoms with Crippen molar-refractivity contribution in [3.8, 4) is 0 Å². The maximum absolute atomic E-state index is 12.1. The molecule has 1 aliphatic heterocycles. The van der Waals surface area contributed by atoms with Crippen molar-refractivity contribution in [3.63, 3.8) is 0 Å². The molecule has 1 aromatic carbocycles. The molecule has 8 heteroatoms. The predicted molar refractivity (Wildman–Crippen MR) is 69.1 cm³/mol. The normalized spacial score (nSPS) is 19.5. The summed E-state index contributed by atoms with van der Waals surface area (Å²) in [7, 11) is -3.90. The van der Waals surface area contributed by atoms with Crippen LogP contribution in [0.5, 0.6) is 0 Å². The number of aryl methyl sites for hydroxylation is 1. The first kappa shape index (κ1) is 13.3. The molecule has 1 heterocycles. The van der Waals surface area contributed by atoms with Crippen molar-refractivity contribution in [3.05, 3.63) is 29.8 Å². The Bertz CT molecular complexity index is 627. The smallest absolute Gasteiger partial charge is 0.321 e. The van der Waals surface area contributed by atoms with Gasteiger partial charge in [-0.1, -0.05) is 12.1 Å². The van der Waals surface area contributed by atoms with Crippen LogP contribution in [0, 0.1) is 6.92 Å². The van der Waals surface area contributed by atoms with Gasteiger partial charge < -0.3 is 5.32 Å². The minimum Gasteiger partial charge on any atom is -0.336 e. The topological polar surface area (TPSA) is 104 Å². The van der Waals surface area contributed by atoms with Crippen LogP contribution >= 0.6 is 0 Å². The van der Waals surface area contributed by atoms with Crippen molar-refractivity contribution < 1.29 is 18.0 Å². The molecule has 1 aromatic rings. The van der Waals surface area contributed by atoms with Crippen LogP contribution in [0.2, 0.25) is 0 Å². The van der Waals surface area contributed by atoms with E-state index in [1.165, 1.54) is 0 Å². The molecular formula is C11H13N3O4S. The van der Waals surface area contributed by atoms with E-state index in [-0.39, 0.29) is 6.54 Å². The molecule has 0 aromatic heterocycles. The number of amides is 3. The average Bonchev–Trinajstić information content (AvgIpc) is 2.27. The van der Waals surface area contributed by atoms with Gasteiger partial charge in [-0.3, -0.25) is 14.8 Å². The summed E-state index contributed by atoms with van der Waals surface area (Å²) in [6, 6.07) is 6.08. The highest BCUT2D eigenvalue weighted by Crippen LogP contribution is 2.14. The fraction of sp³-hybridized carbons (Fsp3) is 0.273. The molecule has 1 fully saturated rings. The van der Waals surface area contributed by atoms with Crippen LogP contribution < -0.4 is 15.4 Å². The predicted octanol–water partition coefficient (Wildman–Crippen LogP) is -0.0553. The summed E-state index contributed by atoms with van der Waals surface area (Å²) in [6.07, 6.45) is 0. The Labute approximate surface area is 110 Å². The van der Waals surface area contributed by atoms with Gasteiger partial charge in [0.15, 0.2) is 5.25 Å². The number of sulfonamides is 1. The van der Waals surface area contributed by atoms with Gasteiger partial charge in [-0.2, -0.15) is 0 Å². The van der Waals surface area contributed by atoms with Crippen LogP contribution in [0.4, 0.5) is 10.5 Å².